The van der Waals surface area contributed by atoms with E-state index in [-0.39, 0.29) is 114 Å². The highest BCUT2D eigenvalue weighted by atomic mass is 19.1. The lowest BCUT2D eigenvalue weighted by molar-refractivity contribution is -0.121. The maximum Gasteiger partial charge on any atom is 0.338 e. The van der Waals surface area contributed by atoms with Crippen molar-refractivity contribution in [3.63, 3.8) is 0 Å². The van der Waals surface area contributed by atoms with Gasteiger partial charge in [-0.1, -0.05) is 0 Å². The van der Waals surface area contributed by atoms with Crippen molar-refractivity contribution in [2.24, 2.45) is 17.8 Å². The Morgan fingerprint density at radius 3 is 1.31 bits per heavy atom. The predicted octanol–water partition coefficient (Wildman–Crippen LogP) is 12.6. The van der Waals surface area contributed by atoms with Crippen molar-refractivity contribution in [2.75, 3.05) is 85.3 Å². The fourth-order valence-electron chi connectivity index (χ4n) is 13.8. The summed E-state index contributed by atoms with van der Waals surface area (Å²) in [6.45, 7) is 1.78. The minimum absolute atomic E-state index is 0.0233. The van der Waals surface area contributed by atoms with Crippen molar-refractivity contribution in [1.29, 1.82) is 0 Å². The van der Waals surface area contributed by atoms with Crippen molar-refractivity contribution in [3.05, 3.63) is 214 Å². The van der Waals surface area contributed by atoms with Gasteiger partial charge >= 0.3 is 11.9 Å². The number of ether oxygens (including phenoxy) is 5. The van der Waals surface area contributed by atoms with E-state index in [2.05, 4.69) is 51.2 Å². The lowest BCUT2D eigenvalue weighted by Crippen LogP contribution is -2.44. The molecular formula is C80H80F3N13O11. The van der Waals surface area contributed by atoms with Crippen LogP contribution in [-0.4, -0.2) is 126 Å². The number of aryl methyl sites for hydroxylation is 6. The van der Waals surface area contributed by atoms with Crippen LogP contribution in [0.3, 0.4) is 0 Å². The van der Waals surface area contributed by atoms with Gasteiger partial charge in [-0.3, -0.25) is 19.2 Å². The molecule has 13 rings (SSSR count). The maximum absolute atomic E-state index is 15.8. The first-order valence-electron chi connectivity index (χ1n) is 35.6. The zero-order valence-corrected chi connectivity index (χ0v) is 59.5. The van der Waals surface area contributed by atoms with Gasteiger partial charge in [-0.25, -0.2) is 52.7 Å². The zero-order valence-electron chi connectivity index (χ0n) is 59.5. The number of carbonyl (C=O) groups excluding carboxylic acids is 6. The fourth-order valence-corrected chi connectivity index (χ4v) is 13.8. The van der Waals surface area contributed by atoms with Crippen LogP contribution in [-0.2, 0) is 62.4 Å². The highest BCUT2D eigenvalue weighted by Gasteiger charge is 2.45. The molecule has 2 unspecified atom stereocenters. The third kappa shape index (κ3) is 17.9. The van der Waals surface area contributed by atoms with Crippen LogP contribution in [0.15, 0.2) is 146 Å². The summed E-state index contributed by atoms with van der Waals surface area (Å²) >= 11 is 0. The van der Waals surface area contributed by atoms with E-state index in [0.29, 0.717) is 109 Å². The second-order valence-corrected chi connectivity index (χ2v) is 27.0. The van der Waals surface area contributed by atoms with E-state index in [1.165, 1.54) is 58.8 Å². The van der Waals surface area contributed by atoms with Crippen LogP contribution < -0.4 is 50.2 Å². The van der Waals surface area contributed by atoms with Gasteiger partial charge in [-0.15, -0.1) is 0 Å². The van der Waals surface area contributed by atoms with E-state index in [9.17, 15) is 28.8 Å². The normalized spacial score (nSPS) is 17.1. The second-order valence-electron chi connectivity index (χ2n) is 27.0. The predicted molar refractivity (Wildman–Crippen MR) is 394 cm³/mol. The number of piperidine rings is 3. The van der Waals surface area contributed by atoms with Gasteiger partial charge in [0.1, 0.15) is 6.10 Å². The van der Waals surface area contributed by atoms with Crippen molar-refractivity contribution in [2.45, 2.75) is 96.0 Å². The molecule has 9 aromatic rings. The van der Waals surface area contributed by atoms with Crippen molar-refractivity contribution in [3.8, 4) is 17.2 Å². The highest BCUT2D eigenvalue weighted by molar-refractivity contribution is 5.97. The summed E-state index contributed by atoms with van der Waals surface area (Å²) in [7, 11) is 5.26. The fraction of sp³-hybridized carbons (Fsp3) is 0.325. The summed E-state index contributed by atoms with van der Waals surface area (Å²) < 4.78 is 73.1. The summed E-state index contributed by atoms with van der Waals surface area (Å²) in [5.74, 6) is -1.78. The number of halogens is 3. The molecule has 0 bridgehead atoms. The molecule has 6 aromatic carbocycles. The smallest absolute Gasteiger partial charge is 0.338 e. The first-order chi connectivity index (χ1) is 52.0. The minimum Gasteiger partial charge on any atom is -0.494 e. The molecule has 107 heavy (non-hydrogen) atoms. The number of hydrogen-bond acceptors (Lipinski definition) is 20. The molecule has 6 heterocycles. The Bertz CT molecular complexity index is 4740. The van der Waals surface area contributed by atoms with Gasteiger partial charge in [0.15, 0.2) is 34.7 Å². The minimum atomic E-state index is -0.700. The third-order valence-electron chi connectivity index (χ3n) is 19.9. The summed E-state index contributed by atoms with van der Waals surface area (Å²) in [5.41, 5.74) is 7.88. The SMILES string of the molecule is COC(=O)c1cc(CCc2cnc(Nc3ccc(N4C[C@H](OC(=O)c5cc(CCc6cnc(Nc7ccc(N8CC(C9C[C@@H]9CNC(=O)c9cc(CCc%10cnc(Nc%11ccc(N%12CCCCC%12=O)cc%11)nc%10)c(F)c(OC)c9)CCC8=O)cc7)nc6)c(F)c(OC)c5)CCC4=O)cc3)nc2)c(F)c(OC)c1. The Morgan fingerprint density at radius 2 is 0.869 bits per heavy atom. The number of carbonyl (C=O) groups is 6. The van der Waals surface area contributed by atoms with Crippen LogP contribution in [0.25, 0.3) is 0 Å². The molecular weight excluding hydrogens is 1380 g/mol. The van der Waals surface area contributed by atoms with Crippen LogP contribution in [0.4, 0.5) is 65.1 Å². The zero-order chi connectivity index (χ0) is 74.7. The third-order valence-corrected chi connectivity index (χ3v) is 19.9. The van der Waals surface area contributed by atoms with E-state index in [1.54, 1.807) is 72.4 Å². The standard InChI is InChI=1S/C80H80F3N13O11/c1-103-66-35-54(31-50(72(66)81)11-8-47-38-85-78(86-39-47)91-58-15-21-61(22-16-58)94-30-6-5-7-69(94)97)75(100)84-44-57-34-65(57)53-14-28-70(98)95(45-53)62-23-17-59(18-24-62)92-79-89-42-49(43-90-79)10-13-52-33-56(37-68(105-3)74(52)83)77(102)107-64-27-29-71(99)96(46-64)63-25-19-60(20-26-63)93-80-87-40-48(41-88-80)9-12-51-32-55(76(101)106-4)36-67(104-2)73(51)82/h15-26,31-33,35-43,53,57,64-65H,5-14,27-30,34,44-46H2,1-4H3,(H,84,100)(H,85,86,91)(H,87,88,93)(H,89,90,92)/t53?,57-,64-,65?/m1/s1. The number of anilines is 9. The average molecular weight is 1460 g/mol. The van der Waals surface area contributed by atoms with Gasteiger partial charge < -0.3 is 59.7 Å². The van der Waals surface area contributed by atoms with Gasteiger partial charge in [0.2, 0.25) is 35.6 Å². The molecule has 3 aliphatic heterocycles. The van der Waals surface area contributed by atoms with Crippen LogP contribution >= 0.6 is 0 Å². The molecule has 3 saturated heterocycles. The summed E-state index contributed by atoms with van der Waals surface area (Å²) in [6, 6.07) is 30.5. The first kappa shape index (κ1) is 73.3. The molecule has 24 nitrogen and oxygen atoms in total. The topological polar surface area (TPSA) is 284 Å². The van der Waals surface area contributed by atoms with E-state index < -0.39 is 35.5 Å². The van der Waals surface area contributed by atoms with Crippen LogP contribution in [0, 0.1) is 35.2 Å². The van der Waals surface area contributed by atoms with E-state index in [1.807, 2.05) is 58.3 Å². The highest BCUT2D eigenvalue weighted by Crippen LogP contribution is 2.48. The molecule has 4 amide bonds. The summed E-state index contributed by atoms with van der Waals surface area (Å²) in [4.78, 5) is 111. The average Bonchev–Trinajstić information content (AvgIpc) is 1.64. The van der Waals surface area contributed by atoms with E-state index in [4.69, 9.17) is 23.7 Å². The van der Waals surface area contributed by atoms with Gasteiger partial charge in [-0.05, 0) is 231 Å². The molecule has 0 spiro atoms. The molecule has 1 aliphatic carbocycles. The molecule has 0 radical (unpaired) electrons. The second kappa shape index (κ2) is 33.4. The number of nitrogens with one attached hydrogen (secondary N) is 4. The number of hydrogen-bond donors (Lipinski definition) is 4. The van der Waals surface area contributed by atoms with Crippen molar-refractivity contribution >= 4 is 87.5 Å². The van der Waals surface area contributed by atoms with Gasteiger partial charge in [-0.2, -0.15) is 0 Å². The summed E-state index contributed by atoms with van der Waals surface area (Å²) in [6.07, 6.45) is 15.9. The Morgan fingerprint density at radius 1 is 0.467 bits per heavy atom. The Kier molecular flexibility index (Phi) is 22.9. The molecule has 4 N–H and O–H groups in total. The number of nitrogens with zero attached hydrogens (tertiary/aromatic N) is 9. The lowest BCUT2D eigenvalue weighted by atomic mass is 9.91. The molecule has 4 atom stereocenters. The molecule has 4 aliphatic rings. The quantitative estimate of drug-likeness (QED) is 0.0331. The number of esters is 2. The van der Waals surface area contributed by atoms with E-state index in [0.717, 1.165) is 53.9 Å². The number of amides is 4. The van der Waals surface area contributed by atoms with Crippen LogP contribution in [0.1, 0.15) is 116 Å². The van der Waals surface area contributed by atoms with Crippen molar-refractivity contribution in [1.82, 2.24) is 35.2 Å². The molecule has 1 saturated carbocycles. The van der Waals surface area contributed by atoms with Gasteiger partial charge in [0.25, 0.3) is 5.91 Å². The molecule has 4 fully saturated rings. The summed E-state index contributed by atoms with van der Waals surface area (Å²) in [5, 5.41) is 12.6. The Balaban J connectivity index is 0.543. The Hall–Kier alpha value is -12.0. The molecule has 552 valence electrons. The largest absolute Gasteiger partial charge is 0.494 e. The van der Waals surface area contributed by atoms with Crippen molar-refractivity contribution < 1.29 is 65.6 Å². The molecule has 3 aromatic heterocycles. The maximum atomic E-state index is 15.8. The number of benzene rings is 6. The number of aromatic nitrogens is 6. The monoisotopic (exact) mass is 1460 g/mol. The van der Waals surface area contributed by atoms with Gasteiger partial charge in [0, 0.05) is 116 Å². The number of rotatable bonds is 28. The number of methoxy groups -OCH3 is 4. The Labute approximate surface area is 615 Å². The lowest BCUT2D eigenvalue weighted by Gasteiger charge is -2.33. The first-order valence-corrected chi connectivity index (χ1v) is 35.6. The van der Waals surface area contributed by atoms with Crippen LogP contribution in [0.2, 0.25) is 0 Å². The van der Waals surface area contributed by atoms with Crippen LogP contribution in [0.5, 0.6) is 17.2 Å². The molecule has 27 heteroatoms. The van der Waals surface area contributed by atoms with Gasteiger partial charge in [0.05, 0.1) is 46.1 Å². The van der Waals surface area contributed by atoms with E-state index >= 15 is 13.2 Å².